The summed E-state index contributed by atoms with van der Waals surface area (Å²) in [5.41, 5.74) is 0.782. The van der Waals surface area contributed by atoms with Crippen LogP contribution in [-0.2, 0) is 16.6 Å². The molecule has 2 saturated heterocycles. The van der Waals surface area contributed by atoms with Gasteiger partial charge in [-0.3, -0.25) is 14.3 Å². The first kappa shape index (κ1) is 14.1. The Bertz CT molecular complexity index is 546. The van der Waals surface area contributed by atoms with E-state index < -0.39 is 0 Å². The molecule has 3 heterocycles. The summed E-state index contributed by atoms with van der Waals surface area (Å²) in [5.74, 6) is 0.658. The highest BCUT2D eigenvalue weighted by Gasteiger charge is 2.38. The number of piperidine rings is 1. The molecule has 0 N–H and O–H groups in total. The van der Waals surface area contributed by atoms with Gasteiger partial charge in [0.25, 0.3) is 0 Å². The van der Waals surface area contributed by atoms with E-state index in [0.717, 1.165) is 31.6 Å². The van der Waals surface area contributed by atoms with Gasteiger partial charge in [0.2, 0.25) is 11.8 Å². The van der Waals surface area contributed by atoms with E-state index in [1.54, 1.807) is 15.8 Å². The second kappa shape index (κ2) is 5.50. The molecule has 1 aromatic heterocycles. The van der Waals surface area contributed by atoms with Crippen LogP contribution in [0.25, 0.3) is 0 Å². The Kier molecular flexibility index (Phi) is 3.69. The average Bonchev–Trinajstić information content (AvgIpc) is 3.05. The number of carbonyl (C=O) groups is 2. The van der Waals surface area contributed by atoms with E-state index in [1.165, 1.54) is 0 Å². The molecule has 3 rings (SSSR count). The van der Waals surface area contributed by atoms with Crippen molar-refractivity contribution in [1.82, 2.24) is 14.7 Å². The van der Waals surface area contributed by atoms with Crippen LogP contribution in [0, 0.1) is 11.8 Å². The van der Waals surface area contributed by atoms with E-state index in [-0.39, 0.29) is 17.7 Å². The van der Waals surface area contributed by atoms with Crippen LogP contribution < -0.4 is 4.90 Å². The number of hydrogen-bond acceptors (Lipinski definition) is 3. The summed E-state index contributed by atoms with van der Waals surface area (Å²) < 4.78 is 1.67. The summed E-state index contributed by atoms with van der Waals surface area (Å²) in [5, 5.41) is 4.09. The molecule has 2 aliphatic rings. The zero-order valence-corrected chi connectivity index (χ0v) is 12.7. The van der Waals surface area contributed by atoms with Gasteiger partial charge >= 0.3 is 0 Å². The molecule has 1 aromatic rings. The van der Waals surface area contributed by atoms with E-state index in [0.29, 0.717) is 18.9 Å². The summed E-state index contributed by atoms with van der Waals surface area (Å²) >= 11 is 0. The summed E-state index contributed by atoms with van der Waals surface area (Å²) in [4.78, 5) is 28.3. The molecular weight excluding hydrogens is 268 g/mol. The van der Waals surface area contributed by atoms with E-state index in [1.807, 2.05) is 18.1 Å². The van der Waals surface area contributed by atoms with Gasteiger partial charge < -0.3 is 9.80 Å². The van der Waals surface area contributed by atoms with Gasteiger partial charge in [-0.25, -0.2) is 0 Å². The van der Waals surface area contributed by atoms with Crippen LogP contribution >= 0.6 is 0 Å². The second-order valence-corrected chi connectivity index (χ2v) is 6.29. The van der Waals surface area contributed by atoms with Crippen LogP contribution in [0.2, 0.25) is 0 Å². The van der Waals surface area contributed by atoms with Crippen LogP contribution in [0.4, 0.5) is 5.69 Å². The third-order valence-electron chi connectivity index (χ3n) is 4.57. The Labute approximate surface area is 124 Å². The van der Waals surface area contributed by atoms with Gasteiger partial charge in [-0.05, 0) is 18.8 Å². The molecule has 2 aliphatic heterocycles. The van der Waals surface area contributed by atoms with Crippen molar-refractivity contribution in [2.45, 2.75) is 26.2 Å². The standard InChI is InChI=1S/C15H22N4O2/c1-11-3-5-18(6-4-11)15(21)12-7-14(20)19(9-12)13-8-16-17(2)10-13/h8,10-12H,3-7,9H2,1-2H3/t12-/m0/s1. The molecular formula is C15H22N4O2. The Balaban J connectivity index is 1.65. The van der Waals surface area contributed by atoms with Gasteiger partial charge in [0, 0.05) is 39.3 Å². The minimum atomic E-state index is -0.203. The molecule has 21 heavy (non-hydrogen) atoms. The zero-order valence-electron chi connectivity index (χ0n) is 12.7. The molecule has 0 spiro atoms. The summed E-state index contributed by atoms with van der Waals surface area (Å²) in [6.07, 6.45) is 5.94. The largest absolute Gasteiger partial charge is 0.342 e. The molecule has 114 valence electrons. The average molecular weight is 290 g/mol. The lowest BCUT2D eigenvalue weighted by Crippen LogP contribution is -2.42. The van der Waals surface area contributed by atoms with Crippen molar-refractivity contribution in [3.8, 4) is 0 Å². The predicted molar refractivity (Wildman–Crippen MR) is 78.6 cm³/mol. The lowest BCUT2D eigenvalue weighted by atomic mass is 9.97. The van der Waals surface area contributed by atoms with Gasteiger partial charge in [-0.1, -0.05) is 6.92 Å². The maximum Gasteiger partial charge on any atom is 0.228 e. The first-order valence-corrected chi connectivity index (χ1v) is 7.62. The minimum Gasteiger partial charge on any atom is -0.342 e. The summed E-state index contributed by atoms with van der Waals surface area (Å²) in [6.45, 7) is 4.37. The van der Waals surface area contributed by atoms with E-state index in [2.05, 4.69) is 12.0 Å². The van der Waals surface area contributed by atoms with E-state index >= 15 is 0 Å². The number of amides is 2. The van der Waals surface area contributed by atoms with Crippen molar-refractivity contribution in [2.24, 2.45) is 18.9 Å². The van der Waals surface area contributed by atoms with Crippen LogP contribution in [0.1, 0.15) is 26.2 Å². The maximum absolute atomic E-state index is 12.6. The van der Waals surface area contributed by atoms with Crippen LogP contribution in [0.5, 0.6) is 0 Å². The highest BCUT2D eigenvalue weighted by molar-refractivity contribution is 6.00. The Morgan fingerprint density at radius 3 is 2.67 bits per heavy atom. The molecule has 0 saturated carbocycles. The number of aromatic nitrogens is 2. The van der Waals surface area contributed by atoms with Gasteiger partial charge in [0.1, 0.15) is 0 Å². The van der Waals surface area contributed by atoms with E-state index in [9.17, 15) is 9.59 Å². The summed E-state index contributed by atoms with van der Waals surface area (Å²) in [7, 11) is 1.82. The van der Waals surface area contributed by atoms with Crippen molar-refractivity contribution in [1.29, 1.82) is 0 Å². The first-order valence-electron chi connectivity index (χ1n) is 7.62. The predicted octanol–water partition coefficient (Wildman–Crippen LogP) is 1.03. The number of anilines is 1. The number of hydrogen-bond donors (Lipinski definition) is 0. The topological polar surface area (TPSA) is 58.4 Å². The molecule has 2 fully saturated rings. The lowest BCUT2D eigenvalue weighted by molar-refractivity contribution is -0.137. The third kappa shape index (κ3) is 2.80. The van der Waals surface area contributed by atoms with Gasteiger partial charge in [-0.15, -0.1) is 0 Å². The third-order valence-corrected chi connectivity index (χ3v) is 4.57. The molecule has 0 unspecified atom stereocenters. The molecule has 0 aromatic carbocycles. The fourth-order valence-electron chi connectivity index (χ4n) is 3.16. The number of rotatable bonds is 2. The number of likely N-dealkylation sites (tertiary alicyclic amines) is 1. The Morgan fingerprint density at radius 2 is 2.05 bits per heavy atom. The molecule has 1 atom stereocenters. The second-order valence-electron chi connectivity index (χ2n) is 6.29. The number of carbonyl (C=O) groups excluding carboxylic acids is 2. The molecule has 0 radical (unpaired) electrons. The lowest BCUT2D eigenvalue weighted by Gasteiger charge is -2.32. The molecule has 2 amide bonds. The van der Waals surface area contributed by atoms with Gasteiger partial charge in [0.15, 0.2) is 0 Å². The first-order chi connectivity index (χ1) is 10.0. The quantitative estimate of drug-likeness (QED) is 0.817. The molecule has 0 bridgehead atoms. The molecule has 6 heteroatoms. The number of nitrogens with zero attached hydrogens (tertiary/aromatic N) is 4. The molecule has 0 aliphatic carbocycles. The number of aryl methyl sites for hydroxylation is 1. The summed E-state index contributed by atoms with van der Waals surface area (Å²) in [6, 6.07) is 0. The van der Waals surface area contributed by atoms with E-state index in [4.69, 9.17) is 0 Å². The fraction of sp³-hybridized carbons (Fsp3) is 0.667. The van der Waals surface area contributed by atoms with Crippen LogP contribution in [0.15, 0.2) is 12.4 Å². The van der Waals surface area contributed by atoms with Crippen molar-refractivity contribution in [3.63, 3.8) is 0 Å². The van der Waals surface area contributed by atoms with Crippen LogP contribution in [0.3, 0.4) is 0 Å². The Morgan fingerprint density at radius 1 is 1.33 bits per heavy atom. The fourth-order valence-corrected chi connectivity index (χ4v) is 3.16. The minimum absolute atomic E-state index is 0.0201. The van der Waals surface area contributed by atoms with Crippen LogP contribution in [-0.4, -0.2) is 46.1 Å². The highest BCUT2D eigenvalue weighted by Crippen LogP contribution is 2.27. The smallest absolute Gasteiger partial charge is 0.228 e. The normalized spacial score (nSPS) is 23.9. The zero-order chi connectivity index (χ0) is 15.0. The van der Waals surface area contributed by atoms with Crippen molar-refractivity contribution >= 4 is 17.5 Å². The molecule has 6 nitrogen and oxygen atoms in total. The van der Waals surface area contributed by atoms with Gasteiger partial charge in [0.05, 0.1) is 17.8 Å². The highest BCUT2D eigenvalue weighted by atomic mass is 16.2. The van der Waals surface area contributed by atoms with Crippen molar-refractivity contribution in [3.05, 3.63) is 12.4 Å². The monoisotopic (exact) mass is 290 g/mol. The van der Waals surface area contributed by atoms with Gasteiger partial charge in [-0.2, -0.15) is 5.10 Å². The van der Waals surface area contributed by atoms with Crippen molar-refractivity contribution < 1.29 is 9.59 Å². The maximum atomic E-state index is 12.6. The SMILES string of the molecule is CC1CCN(C(=O)[C@H]2CC(=O)N(c3cnn(C)c3)C2)CC1. The Hall–Kier alpha value is -1.85. The van der Waals surface area contributed by atoms with Crippen molar-refractivity contribution in [2.75, 3.05) is 24.5 Å².